The lowest BCUT2D eigenvalue weighted by Gasteiger charge is -2.34. The number of benzene rings is 1. The predicted molar refractivity (Wildman–Crippen MR) is 94.3 cm³/mol. The first-order valence-corrected chi connectivity index (χ1v) is 9.18. The third-order valence-corrected chi connectivity index (χ3v) is 5.80. The number of phenols is 1. The van der Waals surface area contributed by atoms with Crippen molar-refractivity contribution in [2.24, 2.45) is 11.8 Å². The first-order chi connectivity index (χ1) is 12.6. The Labute approximate surface area is 152 Å². The zero-order chi connectivity index (χ0) is 18.1. The number of aliphatic hydroxyl groups is 1. The minimum absolute atomic E-state index is 0.0502. The van der Waals surface area contributed by atoms with Gasteiger partial charge in [-0.3, -0.25) is 4.79 Å². The summed E-state index contributed by atoms with van der Waals surface area (Å²) < 4.78 is 1.75. The summed E-state index contributed by atoms with van der Waals surface area (Å²) in [5, 5.41) is 24.0. The van der Waals surface area contributed by atoms with Gasteiger partial charge in [-0.2, -0.15) is 5.10 Å². The van der Waals surface area contributed by atoms with Crippen LogP contribution < -0.4 is 0 Å². The van der Waals surface area contributed by atoms with Crippen LogP contribution in [0, 0.1) is 11.8 Å². The molecule has 1 aromatic heterocycles. The molecule has 2 heterocycles. The number of amides is 1. The van der Waals surface area contributed by atoms with E-state index in [4.69, 9.17) is 0 Å². The highest BCUT2D eigenvalue weighted by molar-refractivity contribution is 5.76. The van der Waals surface area contributed by atoms with E-state index < -0.39 is 6.10 Å². The summed E-state index contributed by atoms with van der Waals surface area (Å²) in [6.07, 6.45) is 5.39. The third kappa shape index (κ3) is 3.44. The molecule has 1 aromatic carbocycles. The molecule has 1 saturated heterocycles. The van der Waals surface area contributed by atoms with E-state index in [1.807, 2.05) is 17.0 Å². The maximum absolute atomic E-state index is 12.6. The van der Waals surface area contributed by atoms with Crippen molar-refractivity contribution < 1.29 is 15.0 Å². The number of aliphatic hydroxyl groups excluding tert-OH is 1. The molecule has 0 spiro atoms. The first-order valence-electron chi connectivity index (χ1n) is 9.18. The molecule has 0 unspecified atom stereocenters. The summed E-state index contributed by atoms with van der Waals surface area (Å²) in [5.41, 5.74) is 1.05. The molecule has 7 nitrogen and oxygen atoms in total. The first kappa shape index (κ1) is 17.0. The highest BCUT2D eigenvalue weighted by Gasteiger charge is 2.43. The van der Waals surface area contributed by atoms with Crippen LogP contribution in [-0.4, -0.2) is 55.0 Å². The average molecular weight is 356 g/mol. The van der Waals surface area contributed by atoms with Gasteiger partial charge in [0.1, 0.15) is 18.4 Å². The fourth-order valence-electron chi connectivity index (χ4n) is 4.36. The Hall–Kier alpha value is -2.41. The molecule has 26 heavy (non-hydrogen) atoms. The Morgan fingerprint density at radius 3 is 2.58 bits per heavy atom. The van der Waals surface area contributed by atoms with Crippen LogP contribution >= 0.6 is 0 Å². The maximum atomic E-state index is 12.6. The van der Waals surface area contributed by atoms with Gasteiger partial charge in [-0.15, -0.1) is 0 Å². The molecule has 1 aliphatic heterocycles. The van der Waals surface area contributed by atoms with Crippen LogP contribution in [0.2, 0.25) is 0 Å². The van der Waals surface area contributed by atoms with Gasteiger partial charge in [-0.05, 0) is 48.8 Å². The van der Waals surface area contributed by atoms with Crippen LogP contribution in [0.25, 0.3) is 0 Å². The molecule has 2 fully saturated rings. The summed E-state index contributed by atoms with van der Waals surface area (Å²) in [7, 11) is 0. The molecular weight excluding hydrogens is 332 g/mol. The largest absolute Gasteiger partial charge is 0.508 e. The van der Waals surface area contributed by atoms with E-state index in [0.29, 0.717) is 31.1 Å². The van der Waals surface area contributed by atoms with E-state index in [2.05, 4.69) is 10.1 Å². The molecule has 2 aliphatic rings. The highest BCUT2D eigenvalue weighted by atomic mass is 16.3. The van der Waals surface area contributed by atoms with Gasteiger partial charge >= 0.3 is 0 Å². The quantitative estimate of drug-likeness (QED) is 0.864. The number of carbonyl (C=O) groups is 1. The molecule has 7 heteroatoms. The lowest BCUT2D eigenvalue weighted by atomic mass is 9.77. The molecule has 2 aromatic rings. The molecule has 138 valence electrons. The van der Waals surface area contributed by atoms with Crippen molar-refractivity contribution in [3.8, 4) is 5.75 Å². The summed E-state index contributed by atoms with van der Waals surface area (Å²) in [6.45, 7) is 1.50. The van der Waals surface area contributed by atoms with Crippen molar-refractivity contribution >= 4 is 5.91 Å². The van der Waals surface area contributed by atoms with Crippen molar-refractivity contribution in [2.75, 3.05) is 13.1 Å². The number of nitrogens with zero attached hydrogens (tertiary/aromatic N) is 4. The van der Waals surface area contributed by atoms with Crippen LogP contribution in [-0.2, 0) is 11.2 Å². The number of aromatic hydroxyl groups is 1. The van der Waals surface area contributed by atoms with E-state index in [1.54, 1.807) is 23.1 Å². The zero-order valence-electron chi connectivity index (χ0n) is 14.6. The van der Waals surface area contributed by atoms with Crippen LogP contribution in [0.15, 0.2) is 36.9 Å². The molecular formula is C19H24N4O3. The van der Waals surface area contributed by atoms with Gasteiger partial charge in [0.2, 0.25) is 5.91 Å². The second-order valence-electron chi connectivity index (χ2n) is 7.47. The van der Waals surface area contributed by atoms with Gasteiger partial charge < -0.3 is 15.1 Å². The van der Waals surface area contributed by atoms with Crippen LogP contribution in [0.5, 0.6) is 5.75 Å². The van der Waals surface area contributed by atoms with Gasteiger partial charge in [-0.25, -0.2) is 9.67 Å². The minimum Gasteiger partial charge on any atom is -0.508 e. The summed E-state index contributed by atoms with van der Waals surface area (Å²) in [4.78, 5) is 18.5. The van der Waals surface area contributed by atoms with Gasteiger partial charge in [-0.1, -0.05) is 12.1 Å². The second-order valence-corrected chi connectivity index (χ2v) is 7.47. The number of aryl methyl sites for hydroxylation is 1. The minimum atomic E-state index is -0.440. The molecule has 1 aliphatic carbocycles. The van der Waals surface area contributed by atoms with E-state index in [1.165, 1.54) is 6.33 Å². The Bertz CT molecular complexity index is 747. The lowest BCUT2D eigenvalue weighted by molar-refractivity contribution is -0.130. The van der Waals surface area contributed by atoms with Gasteiger partial charge in [0.15, 0.2) is 0 Å². The van der Waals surface area contributed by atoms with E-state index in [-0.39, 0.29) is 17.7 Å². The molecule has 2 N–H and O–H groups in total. The summed E-state index contributed by atoms with van der Waals surface area (Å²) in [6, 6.07) is 6.95. The second kappa shape index (κ2) is 7.07. The van der Waals surface area contributed by atoms with Crippen molar-refractivity contribution in [3.63, 3.8) is 0 Å². The number of rotatable bonds is 4. The van der Waals surface area contributed by atoms with Gasteiger partial charge in [0.25, 0.3) is 0 Å². The molecule has 4 atom stereocenters. The average Bonchev–Trinajstić information content (AvgIpc) is 3.29. The van der Waals surface area contributed by atoms with E-state index >= 15 is 0 Å². The van der Waals surface area contributed by atoms with Crippen molar-refractivity contribution in [1.82, 2.24) is 19.7 Å². The number of aromatic nitrogens is 3. The maximum Gasteiger partial charge on any atom is 0.222 e. The molecule has 1 amide bonds. The Morgan fingerprint density at radius 1 is 1.15 bits per heavy atom. The Balaban J connectivity index is 1.34. The number of fused-ring (bicyclic) bond motifs is 1. The lowest BCUT2D eigenvalue weighted by Crippen LogP contribution is -2.36. The monoisotopic (exact) mass is 356 g/mol. The van der Waals surface area contributed by atoms with Gasteiger partial charge in [0.05, 0.1) is 12.1 Å². The Kier molecular flexibility index (Phi) is 4.63. The third-order valence-electron chi connectivity index (χ3n) is 5.80. The number of hydrogen-bond donors (Lipinski definition) is 2. The van der Waals surface area contributed by atoms with Crippen molar-refractivity contribution in [3.05, 3.63) is 42.5 Å². The number of carbonyl (C=O) groups excluding carboxylic acids is 1. The summed E-state index contributed by atoms with van der Waals surface area (Å²) in [5.74, 6) is 1.18. The molecule has 1 saturated carbocycles. The SMILES string of the molecule is O=C(CCc1ccc(O)cc1)N1C[C@H]2C[C@@H](n3cncn3)[C@H](O)C[C@H]2C1. The van der Waals surface area contributed by atoms with Gasteiger partial charge in [0, 0.05) is 19.5 Å². The fourth-order valence-corrected chi connectivity index (χ4v) is 4.36. The number of likely N-dealkylation sites (tertiary alicyclic amines) is 1. The molecule has 0 bridgehead atoms. The standard InChI is InChI=1S/C19H24N4O3/c24-16-4-1-13(2-5-16)3-6-19(26)22-9-14-7-17(23-12-20-11-21-23)18(25)8-15(14)10-22/h1-2,4-5,11-12,14-15,17-18,24-25H,3,6-10H2/t14-,15+,17-,18-/m1/s1. The van der Waals surface area contributed by atoms with Crippen molar-refractivity contribution in [1.29, 1.82) is 0 Å². The van der Waals surface area contributed by atoms with E-state index in [9.17, 15) is 15.0 Å². The fraction of sp³-hybridized carbons (Fsp3) is 0.526. The Morgan fingerprint density at radius 2 is 1.88 bits per heavy atom. The zero-order valence-corrected chi connectivity index (χ0v) is 14.6. The normalized spacial score (nSPS) is 28.1. The van der Waals surface area contributed by atoms with E-state index in [0.717, 1.165) is 25.1 Å². The van der Waals surface area contributed by atoms with Crippen LogP contribution in [0.4, 0.5) is 0 Å². The molecule has 0 radical (unpaired) electrons. The highest BCUT2D eigenvalue weighted by Crippen LogP contribution is 2.41. The van der Waals surface area contributed by atoms with Crippen LogP contribution in [0.3, 0.4) is 0 Å². The summed E-state index contributed by atoms with van der Waals surface area (Å²) >= 11 is 0. The smallest absolute Gasteiger partial charge is 0.222 e. The van der Waals surface area contributed by atoms with Crippen molar-refractivity contribution in [2.45, 2.75) is 37.8 Å². The predicted octanol–water partition coefficient (Wildman–Crippen LogP) is 1.39. The number of hydrogen-bond acceptors (Lipinski definition) is 5. The molecule has 4 rings (SSSR count). The topological polar surface area (TPSA) is 91.5 Å². The number of phenolic OH excluding ortho intramolecular Hbond substituents is 1. The van der Waals surface area contributed by atoms with Crippen LogP contribution in [0.1, 0.15) is 30.9 Å².